The topological polar surface area (TPSA) is 28.7 Å². The lowest BCUT2D eigenvalue weighted by Gasteiger charge is -2.01. The summed E-state index contributed by atoms with van der Waals surface area (Å²) in [6, 6.07) is 2.79. The number of fused-ring (bicyclic) bond motifs is 1. The van der Waals surface area contributed by atoms with Crippen molar-refractivity contribution < 1.29 is 8.78 Å². The number of hydrogen-bond acceptors (Lipinski definition) is 1. The van der Waals surface area contributed by atoms with E-state index < -0.39 is 6.43 Å². The van der Waals surface area contributed by atoms with Crippen molar-refractivity contribution in [2.75, 3.05) is 0 Å². The highest BCUT2D eigenvalue weighted by molar-refractivity contribution is 6.32. The second kappa shape index (κ2) is 2.96. The minimum Gasteiger partial charge on any atom is -0.278 e. The van der Waals surface area contributed by atoms with Crippen molar-refractivity contribution in [2.45, 2.75) is 6.43 Å². The van der Waals surface area contributed by atoms with E-state index in [1.54, 1.807) is 0 Å². The van der Waals surface area contributed by atoms with Gasteiger partial charge >= 0.3 is 0 Å². The van der Waals surface area contributed by atoms with E-state index in [2.05, 4.69) is 10.2 Å². The number of benzene rings is 1. The summed E-state index contributed by atoms with van der Waals surface area (Å²) in [5, 5.41) is 7.06. The first kappa shape index (κ1) is 8.44. The summed E-state index contributed by atoms with van der Waals surface area (Å²) >= 11 is 5.63. The molecule has 0 spiro atoms. The molecular formula is C8H5ClF2N2. The molecule has 1 aromatic carbocycles. The van der Waals surface area contributed by atoms with Gasteiger partial charge in [0.1, 0.15) is 0 Å². The molecule has 13 heavy (non-hydrogen) atoms. The third kappa shape index (κ3) is 1.37. The maximum Gasteiger partial charge on any atom is 0.265 e. The highest BCUT2D eigenvalue weighted by Gasteiger charge is 2.13. The van der Waals surface area contributed by atoms with Crippen LogP contribution in [0.2, 0.25) is 5.02 Å². The summed E-state index contributed by atoms with van der Waals surface area (Å²) in [6.45, 7) is 0. The van der Waals surface area contributed by atoms with Crippen LogP contribution in [0.3, 0.4) is 0 Å². The van der Waals surface area contributed by atoms with Crippen molar-refractivity contribution in [3.63, 3.8) is 0 Å². The van der Waals surface area contributed by atoms with E-state index in [1.807, 2.05) is 0 Å². The summed E-state index contributed by atoms with van der Waals surface area (Å²) < 4.78 is 24.7. The van der Waals surface area contributed by atoms with Gasteiger partial charge in [0, 0.05) is 10.9 Å². The molecule has 1 heterocycles. The van der Waals surface area contributed by atoms with Gasteiger partial charge in [-0.25, -0.2) is 8.78 Å². The molecule has 1 aromatic heterocycles. The van der Waals surface area contributed by atoms with Gasteiger partial charge in [-0.1, -0.05) is 11.6 Å². The Labute approximate surface area is 77.5 Å². The van der Waals surface area contributed by atoms with E-state index in [1.165, 1.54) is 18.3 Å². The zero-order chi connectivity index (χ0) is 9.42. The molecule has 0 unspecified atom stereocenters. The van der Waals surface area contributed by atoms with Crippen LogP contribution in [0.1, 0.15) is 12.0 Å². The van der Waals surface area contributed by atoms with Gasteiger partial charge in [-0.05, 0) is 12.1 Å². The standard InChI is InChI=1S/C8H5ClF2N2/c9-6-2-7-4(3-12-13-7)1-5(6)8(10)11/h1-3,8H,(H,12,13). The van der Waals surface area contributed by atoms with Crippen LogP contribution in [0.4, 0.5) is 8.78 Å². The second-order valence-corrected chi connectivity index (χ2v) is 3.04. The average molecular weight is 203 g/mol. The van der Waals surface area contributed by atoms with Crippen LogP contribution >= 0.6 is 11.6 Å². The van der Waals surface area contributed by atoms with Gasteiger partial charge < -0.3 is 0 Å². The number of alkyl halides is 2. The van der Waals surface area contributed by atoms with E-state index in [9.17, 15) is 8.78 Å². The zero-order valence-corrected chi connectivity index (χ0v) is 7.15. The summed E-state index contributed by atoms with van der Waals surface area (Å²) in [4.78, 5) is 0. The summed E-state index contributed by atoms with van der Waals surface area (Å²) in [5.41, 5.74) is 0.505. The lowest BCUT2D eigenvalue weighted by Crippen LogP contribution is -1.85. The first-order valence-corrected chi connectivity index (χ1v) is 3.97. The minimum atomic E-state index is -2.55. The fourth-order valence-electron chi connectivity index (χ4n) is 1.15. The molecule has 0 amide bonds. The quantitative estimate of drug-likeness (QED) is 0.756. The maximum absolute atomic E-state index is 12.3. The van der Waals surface area contributed by atoms with Crippen molar-refractivity contribution in [1.29, 1.82) is 0 Å². The molecule has 0 radical (unpaired) electrons. The van der Waals surface area contributed by atoms with Crippen LogP contribution in [-0.4, -0.2) is 10.2 Å². The number of aromatic nitrogens is 2. The van der Waals surface area contributed by atoms with Crippen LogP contribution in [0.15, 0.2) is 18.3 Å². The summed E-state index contributed by atoms with van der Waals surface area (Å²) in [6.07, 6.45) is -1.07. The zero-order valence-electron chi connectivity index (χ0n) is 6.39. The molecule has 68 valence electrons. The van der Waals surface area contributed by atoms with Crippen molar-refractivity contribution in [2.24, 2.45) is 0 Å². The smallest absolute Gasteiger partial charge is 0.265 e. The predicted octanol–water partition coefficient (Wildman–Crippen LogP) is 3.15. The van der Waals surface area contributed by atoms with E-state index >= 15 is 0 Å². The average Bonchev–Trinajstić information content (AvgIpc) is 2.48. The molecule has 0 aliphatic rings. The Morgan fingerprint density at radius 1 is 1.38 bits per heavy atom. The first-order valence-electron chi connectivity index (χ1n) is 3.59. The largest absolute Gasteiger partial charge is 0.278 e. The molecular weight excluding hydrogens is 198 g/mol. The molecule has 0 aliphatic carbocycles. The van der Waals surface area contributed by atoms with Gasteiger partial charge in [0.05, 0.1) is 16.7 Å². The molecule has 0 saturated carbocycles. The van der Waals surface area contributed by atoms with Crippen molar-refractivity contribution in [3.8, 4) is 0 Å². The lowest BCUT2D eigenvalue weighted by atomic mass is 10.2. The number of nitrogens with one attached hydrogen (secondary N) is 1. The Kier molecular flexibility index (Phi) is 1.92. The van der Waals surface area contributed by atoms with Crippen molar-refractivity contribution >= 4 is 22.5 Å². The van der Waals surface area contributed by atoms with Crippen LogP contribution in [-0.2, 0) is 0 Å². The van der Waals surface area contributed by atoms with Crippen LogP contribution in [0.25, 0.3) is 10.9 Å². The Morgan fingerprint density at radius 2 is 2.15 bits per heavy atom. The van der Waals surface area contributed by atoms with Crippen LogP contribution in [0, 0.1) is 0 Å². The Hall–Kier alpha value is -1.16. The maximum atomic E-state index is 12.3. The molecule has 0 fully saturated rings. The predicted molar refractivity (Wildman–Crippen MR) is 46.1 cm³/mol. The second-order valence-electron chi connectivity index (χ2n) is 2.63. The van der Waals surface area contributed by atoms with E-state index in [4.69, 9.17) is 11.6 Å². The molecule has 2 nitrogen and oxygen atoms in total. The van der Waals surface area contributed by atoms with Gasteiger partial charge in [0.2, 0.25) is 0 Å². The minimum absolute atomic E-state index is 0.0618. The number of H-pyrrole nitrogens is 1. The molecule has 5 heteroatoms. The number of nitrogens with zero attached hydrogens (tertiary/aromatic N) is 1. The number of rotatable bonds is 1. The van der Waals surface area contributed by atoms with E-state index in [0.29, 0.717) is 10.9 Å². The summed E-state index contributed by atoms with van der Waals surface area (Å²) in [5.74, 6) is 0. The molecule has 2 aromatic rings. The fraction of sp³-hybridized carbons (Fsp3) is 0.125. The number of aromatic amines is 1. The van der Waals surface area contributed by atoms with Gasteiger partial charge in [-0.15, -0.1) is 0 Å². The molecule has 0 saturated heterocycles. The number of hydrogen-bond donors (Lipinski definition) is 1. The fourth-order valence-corrected chi connectivity index (χ4v) is 1.40. The van der Waals surface area contributed by atoms with Gasteiger partial charge in [-0.3, -0.25) is 5.10 Å². The molecule has 2 rings (SSSR count). The van der Waals surface area contributed by atoms with Crippen molar-refractivity contribution in [1.82, 2.24) is 10.2 Å². The first-order chi connectivity index (χ1) is 6.18. The normalized spacial score (nSPS) is 11.4. The van der Waals surface area contributed by atoms with E-state index in [0.717, 1.165) is 0 Å². The molecule has 0 bridgehead atoms. The van der Waals surface area contributed by atoms with Gasteiger partial charge in [0.15, 0.2) is 0 Å². The highest BCUT2D eigenvalue weighted by atomic mass is 35.5. The third-order valence-corrected chi connectivity index (χ3v) is 2.12. The molecule has 1 N–H and O–H groups in total. The highest BCUT2D eigenvalue weighted by Crippen LogP contribution is 2.30. The third-order valence-electron chi connectivity index (χ3n) is 1.79. The Morgan fingerprint density at radius 3 is 2.85 bits per heavy atom. The van der Waals surface area contributed by atoms with Crippen LogP contribution in [0.5, 0.6) is 0 Å². The Bertz CT molecular complexity index is 439. The van der Waals surface area contributed by atoms with Gasteiger partial charge in [-0.2, -0.15) is 5.10 Å². The monoisotopic (exact) mass is 202 g/mol. The lowest BCUT2D eigenvalue weighted by molar-refractivity contribution is 0.151. The molecule has 0 atom stereocenters. The SMILES string of the molecule is FC(F)c1cc2cn[nH]c2cc1Cl. The summed E-state index contributed by atoms with van der Waals surface area (Å²) in [7, 11) is 0. The van der Waals surface area contributed by atoms with Crippen molar-refractivity contribution in [3.05, 3.63) is 28.9 Å². The van der Waals surface area contributed by atoms with E-state index in [-0.39, 0.29) is 10.6 Å². The Balaban J connectivity index is 2.69. The van der Waals surface area contributed by atoms with Crippen LogP contribution < -0.4 is 0 Å². The number of halogens is 3. The molecule has 0 aliphatic heterocycles. The van der Waals surface area contributed by atoms with Gasteiger partial charge in [0.25, 0.3) is 6.43 Å².